The van der Waals surface area contributed by atoms with E-state index >= 15 is 0 Å². The summed E-state index contributed by atoms with van der Waals surface area (Å²) in [6.07, 6.45) is 0.609. The number of nitriles is 1. The number of nitrogens with zero attached hydrogens (tertiary/aromatic N) is 1. The van der Waals surface area contributed by atoms with E-state index in [9.17, 15) is 4.79 Å². The standard InChI is InChI=1S/C6H9BrN2O/c7-3-5-9-6(10)2-1-4-8/h1-3,5H2,(H,9,10). The Labute approximate surface area is 68.5 Å². The minimum atomic E-state index is -0.0546. The van der Waals surface area contributed by atoms with Crippen LogP contribution in [0.2, 0.25) is 0 Å². The predicted octanol–water partition coefficient (Wildman–Crippen LogP) is 0.801. The topological polar surface area (TPSA) is 52.9 Å². The summed E-state index contributed by atoms with van der Waals surface area (Å²) in [7, 11) is 0. The highest BCUT2D eigenvalue weighted by atomic mass is 79.9. The third-order valence-electron chi connectivity index (χ3n) is 0.881. The van der Waals surface area contributed by atoms with Crippen LogP contribution in [-0.4, -0.2) is 17.8 Å². The molecule has 0 radical (unpaired) electrons. The quantitative estimate of drug-likeness (QED) is 0.690. The van der Waals surface area contributed by atoms with E-state index in [2.05, 4.69) is 21.2 Å². The maximum Gasteiger partial charge on any atom is 0.221 e. The molecule has 0 spiro atoms. The highest BCUT2D eigenvalue weighted by molar-refractivity contribution is 9.09. The van der Waals surface area contributed by atoms with E-state index in [0.717, 1.165) is 5.33 Å². The molecule has 0 saturated heterocycles. The van der Waals surface area contributed by atoms with Gasteiger partial charge in [0.25, 0.3) is 0 Å². The molecule has 1 amide bonds. The zero-order valence-electron chi connectivity index (χ0n) is 5.56. The molecule has 0 aliphatic heterocycles. The van der Waals surface area contributed by atoms with Crippen LogP contribution in [0.4, 0.5) is 0 Å². The maximum atomic E-state index is 10.7. The molecule has 0 heterocycles. The van der Waals surface area contributed by atoms with Gasteiger partial charge in [0.2, 0.25) is 5.91 Å². The van der Waals surface area contributed by atoms with Gasteiger partial charge in [0.1, 0.15) is 0 Å². The van der Waals surface area contributed by atoms with E-state index in [0.29, 0.717) is 19.4 Å². The summed E-state index contributed by atoms with van der Waals surface area (Å²) in [5.41, 5.74) is 0. The van der Waals surface area contributed by atoms with Crippen LogP contribution in [0, 0.1) is 11.3 Å². The largest absolute Gasteiger partial charge is 0.355 e. The second kappa shape index (κ2) is 6.56. The Bertz CT molecular complexity index is 141. The molecule has 3 nitrogen and oxygen atoms in total. The fraction of sp³-hybridized carbons (Fsp3) is 0.667. The van der Waals surface area contributed by atoms with Gasteiger partial charge in [0.15, 0.2) is 0 Å². The van der Waals surface area contributed by atoms with Crippen LogP contribution in [0.25, 0.3) is 0 Å². The first-order valence-corrected chi connectivity index (χ1v) is 4.13. The first kappa shape index (κ1) is 9.44. The molecule has 0 aromatic carbocycles. The monoisotopic (exact) mass is 204 g/mol. The van der Waals surface area contributed by atoms with Crippen molar-refractivity contribution in [1.29, 1.82) is 5.26 Å². The number of alkyl halides is 1. The number of carbonyl (C=O) groups excluding carboxylic acids is 1. The van der Waals surface area contributed by atoms with Crippen LogP contribution in [0.3, 0.4) is 0 Å². The van der Waals surface area contributed by atoms with E-state index in [-0.39, 0.29) is 5.91 Å². The molecule has 0 aliphatic rings. The van der Waals surface area contributed by atoms with Crippen LogP contribution in [0.5, 0.6) is 0 Å². The normalized spacial score (nSPS) is 8.40. The van der Waals surface area contributed by atoms with Crippen LogP contribution in [0.15, 0.2) is 0 Å². The Kier molecular flexibility index (Phi) is 6.19. The summed E-state index contributed by atoms with van der Waals surface area (Å²) in [5, 5.41) is 11.5. The second-order valence-corrected chi connectivity index (χ2v) is 2.49. The summed E-state index contributed by atoms with van der Waals surface area (Å²) in [5.74, 6) is -0.0546. The Morgan fingerprint density at radius 2 is 2.40 bits per heavy atom. The van der Waals surface area contributed by atoms with Crippen LogP contribution < -0.4 is 5.32 Å². The highest BCUT2D eigenvalue weighted by Crippen LogP contribution is 1.85. The maximum absolute atomic E-state index is 10.7. The number of halogens is 1. The molecular weight excluding hydrogens is 196 g/mol. The summed E-state index contributed by atoms with van der Waals surface area (Å²) >= 11 is 3.17. The average Bonchev–Trinajstić information content (AvgIpc) is 1.97. The Morgan fingerprint density at radius 1 is 1.70 bits per heavy atom. The lowest BCUT2D eigenvalue weighted by Crippen LogP contribution is -2.24. The van der Waals surface area contributed by atoms with Crippen molar-refractivity contribution in [3.8, 4) is 6.07 Å². The lowest BCUT2D eigenvalue weighted by atomic mass is 10.3. The molecule has 0 atom stereocenters. The van der Waals surface area contributed by atoms with Crippen LogP contribution in [0.1, 0.15) is 12.8 Å². The van der Waals surface area contributed by atoms with Crippen molar-refractivity contribution in [2.75, 3.05) is 11.9 Å². The smallest absolute Gasteiger partial charge is 0.221 e. The minimum absolute atomic E-state index is 0.0546. The third-order valence-corrected chi connectivity index (χ3v) is 1.28. The summed E-state index contributed by atoms with van der Waals surface area (Å²) in [6.45, 7) is 0.629. The Hall–Kier alpha value is -0.560. The minimum Gasteiger partial charge on any atom is -0.355 e. The average molecular weight is 205 g/mol. The third kappa shape index (κ3) is 5.57. The van der Waals surface area contributed by atoms with E-state index in [4.69, 9.17) is 5.26 Å². The number of carbonyl (C=O) groups is 1. The molecule has 1 N–H and O–H groups in total. The van der Waals surface area contributed by atoms with Gasteiger partial charge in [-0.05, 0) is 0 Å². The number of rotatable bonds is 4. The molecule has 0 bridgehead atoms. The van der Waals surface area contributed by atoms with Crippen molar-refractivity contribution in [3.05, 3.63) is 0 Å². The van der Waals surface area contributed by atoms with Crippen molar-refractivity contribution in [2.24, 2.45) is 0 Å². The van der Waals surface area contributed by atoms with Gasteiger partial charge in [-0.2, -0.15) is 5.26 Å². The molecule has 10 heavy (non-hydrogen) atoms. The molecular formula is C6H9BrN2O. The Balaban J connectivity index is 3.19. The van der Waals surface area contributed by atoms with Crippen LogP contribution >= 0.6 is 15.9 Å². The van der Waals surface area contributed by atoms with Gasteiger partial charge in [-0.25, -0.2) is 0 Å². The lowest BCUT2D eigenvalue weighted by molar-refractivity contribution is -0.120. The lowest BCUT2D eigenvalue weighted by Gasteiger charge is -1.98. The summed E-state index contributed by atoms with van der Waals surface area (Å²) in [4.78, 5) is 10.7. The summed E-state index contributed by atoms with van der Waals surface area (Å²) in [6, 6.07) is 1.90. The number of nitrogens with one attached hydrogen (secondary N) is 1. The zero-order valence-corrected chi connectivity index (χ0v) is 7.15. The van der Waals surface area contributed by atoms with Gasteiger partial charge in [0, 0.05) is 24.7 Å². The highest BCUT2D eigenvalue weighted by Gasteiger charge is 1.96. The first-order valence-electron chi connectivity index (χ1n) is 3.01. The molecule has 0 saturated carbocycles. The van der Waals surface area contributed by atoms with Gasteiger partial charge < -0.3 is 5.32 Å². The SMILES string of the molecule is N#CCCC(=O)NCCBr. The van der Waals surface area contributed by atoms with Crippen molar-refractivity contribution in [2.45, 2.75) is 12.8 Å². The van der Waals surface area contributed by atoms with E-state index in [1.165, 1.54) is 0 Å². The molecule has 0 rings (SSSR count). The first-order chi connectivity index (χ1) is 4.81. The number of hydrogen-bond acceptors (Lipinski definition) is 2. The van der Waals surface area contributed by atoms with Gasteiger partial charge in [0.05, 0.1) is 6.07 Å². The van der Waals surface area contributed by atoms with Crippen molar-refractivity contribution >= 4 is 21.8 Å². The van der Waals surface area contributed by atoms with Gasteiger partial charge in [-0.1, -0.05) is 15.9 Å². The van der Waals surface area contributed by atoms with Gasteiger partial charge in [-0.15, -0.1) is 0 Å². The molecule has 0 aliphatic carbocycles. The fourth-order valence-corrected chi connectivity index (χ4v) is 0.643. The van der Waals surface area contributed by atoms with Crippen LogP contribution in [-0.2, 0) is 4.79 Å². The van der Waals surface area contributed by atoms with Crippen molar-refractivity contribution in [1.82, 2.24) is 5.32 Å². The molecule has 0 unspecified atom stereocenters. The van der Waals surface area contributed by atoms with Crippen molar-refractivity contribution < 1.29 is 4.79 Å². The van der Waals surface area contributed by atoms with E-state index in [1.807, 2.05) is 6.07 Å². The number of amides is 1. The fourth-order valence-electron chi connectivity index (χ4n) is 0.444. The van der Waals surface area contributed by atoms with Crippen molar-refractivity contribution in [3.63, 3.8) is 0 Å². The van der Waals surface area contributed by atoms with E-state index < -0.39 is 0 Å². The summed E-state index contributed by atoms with van der Waals surface area (Å²) < 4.78 is 0. The van der Waals surface area contributed by atoms with E-state index in [1.54, 1.807) is 0 Å². The Morgan fingerprint density at radius 3 is 2.90 bits per heavy atom. The molecule has 0 aromatic rings. The van der Waals surface area contributed by atoms with Gasteiger partial charge in [-0.3, -0.25) is 4.79 Å². The molecule has 0 fully saturated rings. The zero-order chi connectivity index (χ0) is 7.82. The van der Waals surface area contributed by atoms with Gasteiger partial charge >= 0.3 is 0 Å². The molecule has 0 aromatic heterocycles. The second-order valence-electron chi connectivity index (χ2n) is 1.70. The molecule has 4 heteroatoms. The predicted molar refractivity (Wildman–Crippen MR) is 41.7 cm³/mol. The molecule has 56 valence electrons. The number of hydrogen-bond donors (Lipinski definition) is 1.